The summed E-state index contributed by atoms with van der Waals surface area (Å²) >= 11 is 0. The molecule has 0 aliphatic rings. The van der Waals surface area contributed by atoms with E-state index >= 15 is 0 Å². The molecular weight excluding hydrogens is 209 g/mol. The van der Waals surface area contributed by atoms with Gasteiger partial charge in [0.05, 0.1) is 5.69 Å². The van der Waals surface area contributed by atoms with Crippen molar-refractivity contribution in [2.24, 2.45) is 0 Å². The number of nitrogen functional groups attached to an aromatic ring is 1. The third-order valence-electron chi connectivity index (χ3n) is 1.94. The van der Waals surface area contributed by atoms with E-state index < -0.39 is 5.82 Å². The molecule has 1 aromatic carbocycles. The Balaban J connectivity index is 2.23. The Bertz CT molecular complexity index is 499. The molecule has 2 aromatic rings. The SMILES string of the molecule is Cc1ccc(Oc2ccc(N)cc2F)nn1. The molecule has 1 heterocycles. The monoisotopic (exact) mass is 219 g/mol. The van der Waals surface area contributed by atoms with E-state index in [9.17, 15) is 4.39 Å². The van der Waals surface area contributed by atoms with Crippen LogP contribution < -0.4 is 10.5 Å². The Morgan fingerprint density at radius 1 is 1.19 bits per heavy atom. The molecule has 0 saturated carbocycles. The second-order valence-corrected chi connectivity index (χ2v) is 3.30. The van der Waals surface area contributed by atoms with Crippen LogP contribution in [0.25, 0.3) is 0 Å². The van der Waals surface area contributed by atoms with E-state index in [2.05, 4.69) is 10.2 Å². The quantitative estimate of drug-likeness (QED) is 0.787. The van der Waals surface area contributed by atoms with Crippen LogP contribution in [0.1, 0.15) is 5.69 Å². The fourth-order valence-electron chi connectivity index (χ4n) is 1.15. The molecule has 0 radical (unpaired) electrons. The van der Waals surface area contributed by atoms with Gasteiger partial charge in [0.25, 0.3) is 0 Å². The van der Waals surface area contributed by atoms with E-state index in [4.69, 9.17) is 10.5 Å². The Morgan fingerprint density at radius 3 is 2.62 bits per heavy atom. The minimum Gasteiger partial charge on any atom is -0.434 e. The van der Waals surface area contributed by atoms with E-state index in [0.29, 0.717) is 5.69 Å². The number of nitrogens with two attached hydrogens (primary N) is 1. The van der Waals surface area contributed by atoms with Gasteiger partial charge in [-0.3, -0.25) is 0 Å². The van der Waals surface area contributed by atoms with Gasteiger partial charge in [0.15, 0.2) is 11.6 Å². The molecular formula is C11H10FN3O. The molecule has 2 N–H and O–H groups in total. The smallest absolute Gasteiger partial charge is 0.238 e. The summed E-state index contributed by atoms with van der Waals surface area (Å²) in [6, 6.07) is 7.55. The number of ether oxygens (including phenoxy) is 1. The zero-order valence-electron chi connectivity index (χ0n) is 8.64. The minimum absolute atomic E-state index is 0.0763. The molecule has 0 atom stereocenters. The highest BCUT2D eigenvalue weighted by molar-refractivity contribution is 5.43. The summed E-state index contributed by atoms with van der Waals surface area (Å²) in [5.41, 5.74) is 6.53. The van der Waals surface area contributed by atoms with Gasteiger partial charge in [0.2, 0.25) is 5.88 Å². The highest BCUT2D eigenvalue weighted by Gasteiger charge is 2.05. The van der Waals surface area contributed by atoms with Crippen LogP contribution in [0.5, 0.6) is 11.6 Å². The lowest BCUT2D eigenvalue weighted by Crippen LogP contribution is -1.94. The summed E-state index contributed by atoms with van der Waals surface area (Å²) in [4.78, 5) is 0. The van der Waals surface area contributed by atoms with Crippen LogP contribution in [0.3, 0.4) is 0 Å². The van der Waals surface area contributed by atoms with Crippen molar-refractivity contribution in [1.82, 2.24) is 10.2 Å². The fraction of sp³-hybridized carbons (Fsp3) is 0.0909. The van der Waals surface area contributed by atoms with E-state index in [1.807, 2.05) is 0 Å². The van der Waals surface area contributed by atoms with Gasteiger partial charge < -0.3 is 10.5 Å². The average Bonchev–Trinajstić information content (AvgIpc) is 2.25. The summed E-state index contributed by atoms with van der Waals surface area (Å²) in [5.74, 6) is -0.205. The normalized spacial score (nSPS) is 10.1. The predicted octanol–water partition coefficient (Wildman–Crippen LogP) is 2.30. The van der Waals surface area contributed by atoms with Crippen molar-refractivity contribution in [3.63, 3.8) is 0 Å². The van der Waals surface area contributed by atoms with Crippen molar-refractivity contribution >= 4 is 5.69 Å². The maximum absolute atomic E-state index is 13.4. The van der Waals surface area contributed by atoms with Gasteiger partial charge in [-0.25, -0.2) is 4.39 Å². The minimum atomic E-state index is -0.526. The Labute approximate surface area is 91.9 Å². The Kier molecular flexibility index (Phi) is 2.68. The van der Waals surface area contributed by atoms with Gasteiger partial charge in [0.1, 0.15) is 0 Å². The maximum atomic E-state index is 13.4. The molecule has 4 nitrogen and oxygen atoms in total. The van der Waals surface area contributed by atoms with Crippen molar-refractivity contribution in [2.45, 2.75) is 6.92 Å². The summed E-state index contributed by atoms with van der Waals surface area (Å²) in [5, 5.41) is 7.57. The second kappa shape index (κ2) is 4.14. The number of aryl methyl sites for hydroxylation is 1. The molecule has 0 unspecified atom stereocenters. The zero-order valence-corrected chi connectivity index (χ0v) is 8.64. The summed E-state index contributed by atoms with van der Waals surface area (Å²) in [7, 11) is 0. The second-order valence-electron chi connectivity index (χ2n) is 3.30. The highest BCUT2D eigenvalue weighted by Crippen LogP contribution is 2.23. The van der Waals surface area contributed by atoms with Gasteiger partial charge in [-0.15, -0.1) is 5.10 Å². The average molecular weight is 219 g/mol. The standard InChI is InChI=1S/C11H10FN3O/c1-7-2-5-11(15-14-7)16-10-4-3-8(13)6-9(10)12/h2-6H,13H2,1H3. The molecule has 0 aliphatic heterocycles. The van der Waals surface area contributed by atoms with E-state index in [1.54, 1.807) is 25.1 Å². The summed E-state index contributed by atoms with van der Waals surface area (Å²) in [6.45, 7) is 1.81. The van der Waals surface area contributed by atoms with Crippen LogP contribution in [0.15, 0.2) is 30.3 Å². The van der Waals surface area contributed by atoms with Crippen molar-refractivity contribution in [3.05, 3.63) is 41.8 Å². The van der Waals surface area contributed by atoms with Crippen molar-refractivity contribution in [2.75, 3.05) is 5.73 Å². The van der Waals surface area contributed by atoms with Gasteiger partial charge in [-0.2, -0.15) is 5.10 Å². The molecule has 1 aromatic heterocycles. The highest BCUT2D eigenvalue weighted by atomic mass is 19.1. The molecule has 2 rings (SSSR count). The van der Waals surface area contributed by atoms with Crippen molar-refractivity contribution in [1.29, 1.82) is 0 Å². The number of hydrogen-bond donors (Lipinski definition) is 1. The molecule has 0 fully saturated rings. The van der Waals surface area contributed by atoms with Crippen LogP contribution >= 0.6 is 0 Å². The number of halogens is 1. The van der Waals surface area contributed by atoms with E-state index in [-0.39, 0.29) is 11.6 Å². The molecule has 0 saturated heterocycles. The van der Waals surface area contributed by atoms with Crippen LogP contribution in [-0.2, 0) is 0 Å². The molecule has 0 spiro atoms. The first-order chi connectivity index (χ1) is 7.65. The van der Waals surface area contributed by atoms with Crippen molar-refractivity contribution in [3.8, 4) is 11.6 Å². The molecule has 0 amide bonds. The molecule has 0 bridgehead atoms. The lowest BCUT2D eigenvalue weighted by atomic mass is 10.3. The number of hydrogen-bond acceptors (Lipinski definition) is 4. The van der Waals surface area contributed by atoms with Crippen LogP contribution in [0, 0.1) is 12.7 Å². The molecule has 0 aliphatic carbocycles. The zero-order chi connectivity index (χ0) is 11.5. The van der Waals surface area contributed by atoms with Crippen molar-refractivity contribution < 1.29 is 9.13 Å². The number of benzene rings is 1. The first-order valence-corrected chi connectivity index (χ1v) is 4.68. The first-order valence-electron chi connectivity index (χ1n) is 4.68. The number of aromatic nitrogens is 2. The first kappa shape index (κ1) is 10.4. The summed E-state index contributed by atoms with van der Waals surface area (Å²) in [6.07, 6.45) is 0. The lowest BCUT2D eigenvalue weighted by Gasteiger charge is -2.05. The molecule has 82 valence electrons. The largest absolute Gasteiger partial charge is 0.434 e. The van der Waals surface area contributed by atoms with Crippen LogP contribution in [0.2, 0.25) is 0 Å². The number of anilines is 1. The summed E-state index contributed by atoms with van der Waals surface area (Å²) < 4.78 is 18.6. The van der Waals surface area contributed by atoms with Gasteiger partial charge >= 0.3 is 0 Å². The molecule has 16 heavy (non-hydrogen) atoms. The predicted molar refractivity (Wildman–Crippen MR) is 57.7 cm³/mol. The lowest BCUT2D eigenvalue weighted by molar-refractivity contribution is 0.421. The van der Waals surface area contributed by atoms with E-state index in [1.165, 1.54) is 12.1 Å². The third kappa shape index (κ3) is 2.25. The van der Waals surface area contributed by atoms with E-state index in [0.717, 1.165) is 5.69 Å². The Morgan fingerprint density at radius 2 is 2.00 bits per heavy atom. The van der Waals surface area contributed by atoms with Gasteiger partial charge in [-0.05, 0) is 25.1 Å². The third-order valence-corrected chi connectivity index (χ3v) is 1.94. The van der Waals surface area contributed by atoms with Crippen LogP contribution in [-0.4, -0.2) is 10.2 Å². The van der Waals surface area contributed by atoms with Gasteiger partial charge in [-0.1, -0.05) is 0 Å². The Hall–Kier alpha value is -2.17. The number of rotatable bonds is 2. The topological polar surface area (TPSA) is 61.0 Å². The number of nitrogens with zero attached hydrogens (tertiary/aromatic N) is 2. The molecule has 5 heteroatoms. The maximum Gasteiger partial charge on any atom is 0.238 e. The van der Waals surface area contributed by atoms with Crippen LogP contribution in [0.4, 0.5) is 10.1 Å². The van der Waals surface area contributed by atoms with Gasteiger partial charge in [0, 0.05) is 17.8 Å². The fourth-order valence-corrected chi connectivity index (χ4v) is 1.15.